The van der Waals surface area contributed by atoms with Crippen molar-refractivity contribution in [1.29, 1.82) is 0 Å². The molecule has 3 heterocycles. The molecule has 40 heavy (non-hydrogen) atoms. The summed E-state index contributed by atoms with van der Waals surface area (Å²) in [6.45, 7) is 2.29. The van der Waals surface area contributed by atoms with Gasteiger partial charge in [0.1, 0.15) is 5.78 Å². The third-order valence-corrected chi connectivity index (χ3v) is 8.73. The molecule has 1 amide bonds. The lowest BCUT2D eigenvalue weighted by atomic mass is 9.94. The minimum Gasteiger partial charge on any atom is -0.300 e. The number of thiazole rings is 1. The maximum atomic E-state index is 13.1. The second-order valence-electron chi connectivity index (χ2n) is 10.5. The maximum Gasteiger partial charge on any atom is 0.257 e. The van der Waals surface area contributed by atoms with Gasteiger partial charge in [0.2, 0.25) is 0 Å². The molecule has 0 radical (unpaired) electrons. The Morgan fingerprint density at radius 1 is 1.12 bits per heavy atom. The number of fused-ring (bicyclic) bond motifs is 1. The molecule has 1 unspecified atom stereocenters. The van der Waals surface area contributed by atoms with Crippen molar-refractivity contribution in [1.82, 2.24) is 19.7 Å². The zero-order valence-corrected chi connectivity index (χ0v) is 23.4. The van der Waals surface area contributed by atoms with E-state index in [0.29, 0.717) is 41.9 Å². The van der Waals surface area contributed by atoms with Crippen LogP contribution in [0.15, 0.2) is 65.9 Å². The molecule has 4 aromatic rings. The van der Waals surface area contributed by atoms with Crippen molar-refractivity contribution in [3.63, 3.8) is 0 Å². The van der Waals surface area contributed by atoms with E-state index in [1.165, 1.54) is 4.88 Å². The van der Waals surface area contributed by atoms with Crippen molar-refractivity contribution in [2.45, 2.75) is 44.7 Å². The number of carbonyl (C=O) groups excluding carboxylic acids is 2. The second-order valence-corrected chi connectivity index (χ2v) is 11.5. The Morgan fingerprint density at radius 3 is 2.75 bits per heavy atom. The van der Waals surface area contributed by atoms with Crippen LogP contribution in [0.3, 0.4) is 0 Å². The van der Waals surface area contributed by atoms with E-state index in [2.05, 4.69) is 32.4 Å². The third kappa shape index (κ3) is 5.95. The van der Waals surface area contributed by atoms with Gasteiger partial charge in [-0.3, -0.25) is 29.5 Å². The highest BCUT2D eigenvalue weighted by molar-refractivity contribution is 7.15. The molecule has 2 aromatic carbocycles. The molecular formula is C31H32N6O2S. The zero-order valence-electron chi connectivity index (χ0n) is 22.5. The smallest absolute Gasteiger partial charge is 0.257 e. The van der Waals surface area contributed by atoms with Gasteiger partial charge >= 0.3 is 0 Å². The van der Waals surface area contributed by atoms with E-state index < -0.39 is 0 Å². The van der Waals surface area contributed by atoms with Gasteiger partial charge in [-0.2, -0.15) is 5.10 Å². The Labute approximate surface area is 237 Å². The molecule has 0 spiro atoms. The van der Waals surface area contributed by atoms with Gasteiger partial charge in [0, 0.05) is 67.4 Å². The molecule has 6 rings (SSSR count). The van der Waals surface area contributed by atoms with Crippen LogP contribution in [0.1, 0.15) is 51.3 Å². The molecule has 9 heteroatoms. The van der Waals surface area contributed by atoms with Crippen molar-refractivity contribution < 1.29 is 9.59 Å². The van der Waals surface area contributed by atoms with Crippen LogP contribution >= 0.6 is 11.3 Å². The molecule has 2 aromatic heterocycles. The summed E-state index contributed by atoms with van der Waals surface area (Å²) in [4.78, 5) is 37.2. The van der Waals surface area contributed by atoms with Crippen LogP contribution in [0.4, 0.5) is 5.13 Å². The van der Waals surface area contributed by atoms with Crippen molar-refractivity contribution >= 4 is 34.4 Å². The molecule has 1 aliphatic heterocycles. The van der Waals surface area contributed by atoms with Crippen LogP contribution in [0.5, 0.6) is 0 Å². The van der Waals surface area contributed by atoms with E-state index in [1.807, 2.05) is 59.7 Å². The van der Waals surface area contributed by atoms with Crippen LogP contribution in [0.25, 0.3) is 11.1 Å². The lowest BCUT2D eigenvalue weighted by Crippen LogP contribution is -2.44. The van der Waals surface area contributed by atoms with Gasteiger partial charge < -0.3 is 0 Å². The fourth-order valence-electron chi connectivity index (χ4n) is 5.54. The highest BCUT2D eigenvalue weighted by Crippen LogP contribution is 2.32. The number of nitrogens with zero attached hydrogens (tertiary/aromatic N) is 5. The molecule has 8 nitrogen and oxygen atoms in total. The number of Topliss-reactive ketones (excluding diaryl/α,β-unsaturated/α-hetero) is 1. The zero-order chi connectivity index (χ0) is 27.5. The van der Waals surface area contributed by atoms with Crippen LogP contribution in [-0.2, 0) is 24.2 Å². The molecule has 1 aliphatic carbocycles. The van der Waals surface area contributed by atoms with Crippen LogP contribution in [0, 0.1) is 0 Å². The Morgan fingerprint density at radius 2 is 1.95 bits per heavy atom. The number of hydrogen-bond acceptors (Lipinski definition) is 7. The first-order chi connectivity index (χ1) is 19.5. The van der Waals surface area contributed by atoms with Crippen molar-refractivity contribution in [2.24, 2.45) is 4.99 Å². The number of likely N-dealkylation sites (tertiary alicyclic amines) is 1. The number of nitrogens with one attached hydrogen (secondary N) is 1. The Bertz CT molecular complexity index is 1540. The Kier molecular flexibility index (Phi) is 7.66. The van der Waals surface area contributed by atoms with Gasteiger partial charge in [-0.05, 0) is 48.1 Å². The van der Waals surface area contributed by atoms with Crippen LogP contribution in [-0.4, -0.2) is 63.7 Å². The summed E-state index contributed by atoms with van der Waals surface area (Å²) in [5.74, 6) is 0.217. The van der Waals surface area contributed by atoms with E-state index in [-0.39, 0.29) is 5.91 Å². The van der Waals surface area contributed by atoms with Gasteiger partial charge in [-0.15, -0.1) is 11.3 Å². The predicted octanol–water partition coefficient (Wildman–Crippen LogP) is 4.88. The number of aryl methyl sites for hydroxylation is 1. The highest BCUT2D eigenvalue weighted by atomic mass is 32.1. The summed E-state index contributed by atoms with van der Waals surface area (Å²) < 4.78 is 1.89. The van der Waals surface area contributed by atoms with E-state index >= 15 is 0 Å². The Balaban J connectivity index is 1.08. The Hall–Kier alpha value is -3.95. The largest absolute Gasteiger partial charge is 0.300 e. The topological polar surface area (TPSA) is 92.5 Å². The second kappa shape index (κ2) is 11.7. The number of anilines is 1. The van der Waals surface area contributed by atoms with Gasteiger partial charge in [-0.25, -0.2) is 4.98 Å². The molecule has 1 fully saturated rings. The third-order valence-electron chi connectivity index (χ3n) is 7.70. The lowest BCUT2D eigenvalue weighted by molar-refractivity contribution is -0.122. The van der Waals surface area contributed by atoms with Crippen molar-refractivity contribution in [2.75, 3.05) is 25.5 Å². The fraction of sp³-hybridized carbons (Fsp3) is 0.323. The number of aromatic nitrogens is 3. The summed E-state index contributed by atoms with van der Waals surface area (Å²) >= 11 is 1.58. The minimum atomic E-state index is -0.157. The fourth-order valence-corrected chi connectivity index (χ4v) is 6.61. The average Bonchev–Trinajstić information content (AvgIpc) is 3.60. The van der Waals surface area contributed by atoms with E-state index in [0.717, 1.165) is 60.3 Å². The first-order valence-corrected chi connectivity index (χ1v) is 14.6. The van der Waals surface area contributed by atoms with Crippen LogP contribution < -0.4 is 5.32 Å². The lowest BCUT2D eigenvalue weighted by Gasteiger charge is -2.35. The van der Waals surface area contributed by atoms with E-state index in [4.69, 9.17) is 4.98 Å². The molecular weight excluding hydrogens is 520 g/mol. The molecule has 2 aliphatic rings. The number of hydrogen-bond donors (Lipinski definition) is 1. The molecule has 0 bridgehead atoms. The number of ketones is 1. The van der Waals surface area contributed by atoms with E-state index in [1.54, 1.807) is 18.4 Å². The normalized spacial score (nSPS) is 17.7. The predicted molar refractivity (Wildman–Crippen MR) is 158 cm³/mol. The molecule has 1 N–H and O–H groups in total. The van der Waals surface area contributed by atoms with Crippen molar-refractivity contribution in [3.05, 3.63) is 88.2 Å². The van der Waals surface area contributed by atoms with Gasteiger partial charge in [0.05, 0.1) is 18.4 Å². The highest BCUT2D eigenvalue weighted by Gasteiger charge is 2.29. The number of piperidine rings is 1. The SMILES string of the molecule is CN=Cc1ccc(-c2cnn(Cc3cccc(C(=O)Nc4nc5c(s4)CC(N4CCC(=O)CC4)CC5)c3)c2)cc1. The minimum absolute atomic E-state index is 0.157. The first-order valence-electron chi connectivity index (χ1n) is 13.7. The summed E-state index contributed by atoms with van der Waals surface area (Å²) in [5, 5.41) is 8.21. The van der Waals surface area contributed by atoms with Crippen molar-refractivity contribution in [3.8, 4) is 11.1 Å². The number of rotatable bonds is 7. The first kappa shape index (κ1) is 26.3. The summed E-state index contributed by atoms with van der Waals surface area (Å²) in [6.07, 6.45) is 9.94. The average molecular weight is 553 g/mol. The monoisotopic (exact) mass is 552 g/mol. The summed E-state index contributed by atoms with van der Waals surface area (Å²) in [5.41, 5.74) is 5.89. The number of aliphatic imine (C=N–C) groups is 1. The standard InChI is InChI=1S/C31H32N6O2S/c1-32-17-21-5-7-23(8-6-21)25-18-33-37(20-25)19-22-3-2-4-24(15-22)30(39)35-31-34-28-10-9-26(16-29(28)40-31)36-13-11-27(38)12-14-36/h2-8,15,17-18,20,26H,9-14,16,19H2,1H3,(H,34,35,39). The molecule has 1 saturated heterocycles. The van der Waals surface area contributed by atoms with Gasteiger partial charge in [0.25, 0.3) is 5.91 Å². The maximum absolute atomic E-state index is 13.1. The number of amides is 1. The molecule has 1 atom stereocenters. The van der Waals surface area contributed by atoms with Gasteiger partial charge in [-0.1, -0.05) is 36.4 Å². The van der Waals surface area contributed by atoms with Gasteiger partial charge in [0.15, 0.2) is 5.13 Å². The van der Waals surface area contributed by atoms with E-state index in [9.17, 15) is 9.59 Å². The molecule has 204 valence electrons. The quantitative estimate of drug-likeness (QED) is 0.330. The number of benzene rings is 2. The number of carbonyl (C=O) groups is 2. The molecule has 0 saturated carbocycles. The summed E-state index contributed by atoms with van der Waals surface area (Å²) in [7, 11) is 1.76. The van der Waals surface area contributed by atoms with Crippen LogP contribution in [0.2, 0.25) is 0 Å². The summed E-state index contributed by atoms with van der Waals surface area (Å²) in [6, 6.07) is 16.3.